The molecule has 0 spiro atoms. The minimum Gasteiger partial charge on any atom is -0.463 e. The van der Waals surface area contributed by atoms with Crippen LogP contribution in [0.4, 0.5) is 0 Å². The molecule has 698 valence electrons. The lowest BCUT2D eigenvalue weighted by atomic mass is 9.84. The van der Waals surface area contributed by atoms with E-state index in [0.29, 0.717) is 44.4 Å². The summed E-state index contributed by atoms with van der Waals surface area (Å²) in [4.78, 5) is 66.5. The maximum absolute atomic E-state index is 14.9. The number of esters is 4. The number of carbonyl (C=O) groups is 4. The van der Waals surface area contributed by atoms with Crippen molar-refractivity contribution in [2.24, 2.45) is 5.92 Å². The second-order valence-corrected chi connectivity index (χ2v) is 35.9. The van der Waals surface area contributed by atoms with Crippen molar-refractivity contribution in [3.8, 4) is 0 Å². The van der Waals surface area contributed by atoms with Crippen molar-refractivity contribution in [2.75, 3.05) is 26.4 Å². The van der Waals surface area contributed by atoms with Crippen molar-refractivity contribution in [1.29, 1.82) is 0 Å². The van der Waals surface area contributed by atoms with Crippen LogP contribution in [0.15, 0.2) is 24.3 Å². The van der Waals surface area contributed by atoms with Gasteiger partial charge in [0.25, 0.3) is 0 Å². The summed E-state index contributed by atoms with van der Waals surface area (Å²) in [5, 5.41) is 102. The first-order valence-corrected chi connectivity index (χ1v) is 49.5. The Balaban J connectivity index is 1.92. The molecule has 119 heavy (non-hydrogen) atoms. The normalized spacial score (nSPS) is 25.2. The van der Waals surface area contributed by atoms with Crippen LogP contribution in [-0.2, 0) is 70.7 Å². The van der Waals surface area contributed by atoms with Crippen LogP contribution in [-0.4, -0.2) is 205 Å². The number of aliphatic hydroxyl groups is 9. The van der Waals surface area contributed by atoms with E-state index in [1.54, 1.807) is 0 Å². The number of hydrogen-bond donors (Lipinski definition) is 10. The van der Waals surface area contributed by atoms with Crippen LogP contribution in [0.25, 0.3) is 0 Å². The van der Waals surface area contributed by atoms with Crippen LogP contribution in [0.5, 0.6) is 0 Å². The summed E-state index contributed by atoms with van der Waals surface area (Å²) in [7, 11) is -5.81. The molecule has 10 N–H and O–H groups in total. The number of phosphoric acid groups is 1. The molecule has 1 aliphatic carbocycles. The quantitative estimate of drug-likeness (QED) is 0.00889. The number of rotatable bonds is 77. The van der Waals surface area contributed by atoms with Gasteiger partial charge in [-0.05, 0) is 83.0 Å². The molecule has 2 heterocycles. The number of phosphoric ester groups is 1. The average molecular weight is 1720 g/mol. The number of hydrogen-bond acceptors (Lipinski definition) is 24. The molecule has 3 aliphatic rings. The SMILES string of the molecule is CCCCCC/C=C\CCCCCCCCCC(=O)OCC1OC(OC2C(OC(=O)CCCCCCCCC(C)CCCCCCCC)C(O)C(O)C(OC3OC(CO)C(O)C(O)C3O)C2OP(=O)(O)OCC(COC(=O)CCCCCCCCCCCCCCCCCC)OC(=O)CCCCC/C=C\CCCCCCCC)C(O)C(O)C1O. The molecule has 2 saturated heterocycles. The monoisotopic (exact) mass is 1720 g/mol. The first-order chi connectivity index (χ1) is 57.6. The third-order valence-electron chi connectivity index (χ3n) is 23.6. The molecular formula is C93H171O25P. The smallest absolute Gasteiger partial charge is 0.463 e. The van der Waals surface area contributed by atoms with Crippen molar-refractivity contribution < 1.29 is 122 Å². The molecular weight excluding hydrogens is 1550 g/mol. The summed E-state index contributed by atoms with van der Waals surface area (Å²) in [6.07, 6.45) is 30.3. The lowest BCUT2D eigenvalue weighted by Gasteiger charge is -2.50. The van der Waals surface area contributed by atoms with Crippen LogP contribution in [0.2, 0.25) is 0 Å². The van der Waals surface area contributed by atoms with Gasteiger partial charge in [0.1, 0.15) is 92.6 Å². The summed E-state index contributed by atoms with van der Waals surface area (Å²) < 4.78 is 73.5. The Kier molecular flexibility index (Phi) is 65.7. The predicted molar refractivity (Wildman–Crippen MR) is 462 cm³/mol. The van der Waals surface area contributed by atoms with E-state index in [-0.39, 0.29) is 25.7 Å². The third kappa shape index (κ3) is 51.4. The number of unbranched alkanes of at least 4 members (excludes halogenated alkanes) is 45. The van der Waals surface area contributed by atoms with Crippen molar-refractivity contribution in [2.45, 2.75) is 511 Å². The van der Waals surface area contributed by atoms with E-state index in [9.17, 15) is 74.6 Å². The maximum atomic E-state index is 14.9. The minimum absolute atomic E-state index is 0.00874. The Morgan fingerprint density at radius 3 is 1.10 bits per heavy atom. The molecule has 2 aliphatic heterocycles. The highest BCUT2D eigenvalue weighted by molar-refractivity contribution is 7.47. The fourth-order valence-corrected chi connectivity index (χ4v) is 16.8. The van der Waals surface area contributed by atoms with Gasteiger partial charge in [0, 0.05) is 25.7 Å². The molecule has 19 unspecified atom stereocenters. The first-order valence-electron chi connectivity index (χ1n) is 48.0. The topological polar surface area (TPSA) is 380 Å². The zero-order valence-electron chi connectivity index (χ0n) is 74.6. The van der Waals surface area contributed by atoms with Crippen LogP contribution in [0, 0.1) is 5.92 Å². The zero-order valence-corrected chi connectivity index (χ0v) is 75.5. The molecule has 0 aromatic heterocycles. The van der Waals surface area contributed by atoms with E-state index in [1.807, 2.05) is 0 Å². The summed E-state index contributed by atoms with van der Waals surface area (Å²) >= 11 is 0. The lowest BCUT2D eigenvalue weighted by molar-refractivity contribution is -0.360. The van der Waals surface area contributed by atoms with Crippen LogP contribution < -0.4 is 0 Å². The molecule has 19 atom stereocenters. The fourth-order valence-electron chi connectivity index (χ4n) is 15.8. The second kappa shape index (κ2) is 71.0. The highest BCUT2D eigenvalue weighted by atomic mass is 31.2. The van der Waals surface area contributed by atoms with E-state index in [1.165, 1.54) is 167 Å². The van der Waals surface area contributed by atoms with E-state index in [2.05, 4.69) is 58.9 Å². The van der Waals surface area contributed by atoms with Gasteiger partial charge in [0.2, 0.25) is 0 Å². The molecule has 3 fully saturated rings. The van der Waals surface area contributed by atoms with Gasteiger partial charge in [-0.25, -0.2) is 4.57 Å². The van der Waals surface area contributed by atoms with Crippen molar-refractivity contribution in [1.82, 2.24) is 0 Å². The number of allylic oxidation sites excluding steroid dienone is 4. The van der Waals surface area contributed by atoms with E-state index in [4.69, 9.17) is 46.9 Å². The van der Waals surface area contributed by atoms with Crippen LogP contribution in [0.1, 0.15) is 407 Å². The highest BCUT2D eigenvalue weighted by Crippen LogP contribution is 2.49. The Hall–Kier alpha value is -3.05. The molecule has 0 amide bonds. The number of aliphatic hydroxyl groups excluding tert-OH is 9. The second-order valence-electron chi connectivity index (χ2n) is 34.5. The fraction of sp³-hybridized carbons (Fsp3) is 0.914. The highest BCUT2D eigenvalue weighted by Gasteiger charge is 2.60. The Labute approximate surface area is 717 Å². The molecule has 26 heteroatoms. The molecule has 0 aromatic rings. The average Bonchev–Trinajstić information content (AvgIpc) is 0.753. The van der Waals surface area contributed by atoms with Crippen molar-refractivity contribution >= 4 is 31.7 Å². The van der Waals surface area contributed by atoms with Crippen LogP contribution in [0.3, 0.4) is 0 Å². The molecule has 0 radical (unpaired) electrons. The van der Waals surface area contributed by atoms with Crippen molar-refractivity contribution in [3.63, 3.8) is 0 Å². The van der Waals surface area contributed by atoms with Gasteiger partial charge >= 0.3 is 31.7 Å². The van der Waals surface area contributed by atoms with E-state index < -0.39 is 162 Å². The molecule has 3 rings (SSSR count). The van der Waals surface area contributed by atoms with Gasteiger partial charge in [-0.2, -0.15) is 0 Å². The van der Waals surface area contributed by atoms with Gasteiger partial charge < -0.3 is 88.7 Å². The Morgan fingerprint density at radius 1 is 0.353 bits per heavy atom. The van der Waals surface area contributed by atoms with Gasteiger partial charge in [0.15, 0.2) is 24.8 Å². The molecule has 0 bridgehead atoms. The van der Waals surface area contributed by atoms with E-state index >= 15 is 0 Å². The summed E-state index contributed by atoms with van der Waals surface area (Å²) in [6.45, 7) is 7.88. The minimum atomic E-state index is -5.81. The third-order valence-corrected chi connectivity index (χ3v) is 24.6. The lowest BCUT2D eigenvalue weighted by Crippen LogP contribution is -2.70. The standard InChI is InChI=1S/C93H171O25P/c1-6-10-14-18-22-25-28-31-33-35-38-39-42-45-52-58-64-76(95)109-69-73(112-78(97)66-60-54-47-44-41-36-30-27-24-20-16-12-8-3)70-111-119(107,108)118-91-89(116-92-86(105)82(101)80(99)74(68-94)113-92)85(104)84(103)88(115-79(98)67-61-55-49-48-51-57-63-72(5)62-56-50-21-17-13-9-4)90(91)117-93-87(106)83(102)81(100)75(114-93)71-110-77(96)65-59-53-46-43-40-37-34-32-29-26-23-19-15-11-7-2/h26,29,36,41,72-75,80-94,99-106H,6-25,27-28,30-35,37-40,42-71H2,1-5H3,(H,107,108)/b29-26-,41-36-. The van der Waals surface area contributed by atoms with Crippen molar-refractivity contribution in [3.05, 3.63) is 24.3 Å². The zero-order chi connectivity index (χ0) is 86.9. The largest absolute Gasteiger partial charge is 0.472 e. The van der Waals surface area contributed by atoms with Gasteiger partial charge in [-0.15, -0.1) is 0 Å². The van der Waals surface area contributed by atoms with Gasteiger partial charge in [-0.3, -0.25) is 28.2 Å². The van der Waals surface area contributed by atoms with Gasteiger partial charge in [0.05, 0.1) is 13.2 Å². The Morgan fingerprint density at radius 2 is 0.681 bits per heavy atom. The summed E-state index contributed by atoms with van der Waals surface area (Å²) in [6, 6.07) is 0. The molecule has 1 saturated carbocycles. The predicted octanol–water partition coefficient (Wildman–Crippen LogP) is 18.0. The molecule has 0 aromatic carbocycles. The molecule has 25 nitrogen and oxygen atoms in total. The van der Waals surface area contributed by atoms with Crippen LogP contribution >= 0.6 is 7.82 Å². The Bertz CT molecular complexity index is 2580. The van der Waals surface area contributed by atoms with E-state index in [0.717, 1.165) is 141 Å². The van der Waals surface area contributed by atoms with Gasteiger partial charge in [-0.1, -0.05) is 329 Å². The maximum Gasteiger partial charge on any atom is 0.472 e. The first kappa shape index (κ1) is 110. The summed E-state index contributed by atoms with van der Waals surface area (Å²) in [5.74, 6) is -2.36. The number of carbonyl (C=O) groups excluding carboxylic acids is 4. The number of ether oxygens (including phenoxy) is 8. The summed E-state index contributed by atoms with van der Waals surface area (Å²) in [5.41, 5.74) is 0.